The quantitative estimate of drug-likeness (QED) is 0.666. The van der Waals surface area contributed by atoms with E-state index in [2.05, 4.69) is 41.7 Å². The molecule has 3 nitrogen and oxygen atoms in total. The first-order chi connectivity index (χ1) is 5.24. The number of halogens is 2. The molecule has 5 heteroatoms. The van der Waals surface area contributed by atoms with Crippen LogP contribution in [0.3, 0.4) is 0 Å². The summed E-state index contributed by atoms with van der Waals surface area (Å²) < 4.78 is 1.67. The lowest BCUT2D eigenvalue weighted by Gasteiger charge is -2.01. The minimum atomic E-state index is 0.354. The fourth-order valence-electron chi connectivity index (χ4n) is 0.656. The van der Waals surface area contributed by atoms with Crippen LogP contribution in [0.2, 0.25) is 0 Å². The van der Waals surface area contributed by atoms with E-state index in [1.807, 2.05) is 6.07 Å². The summed E-state index contributed by atoms with van der Waals surface area (Å²) in [6.45, 7) is 0.354. The van der Waals surface area contributed by atoms with Crippen LogP contribution in [0.25, 0.3) is 0 Å². The summed E-state index contributed by atoms with van der Waals surface area (Å²) in [5, 5.41) is 0. The van der Waals surface area contributed by atoms with Crippen LogP contribution in [-0.2, 0) is 11.4 Å². The lowest BCUT2D eigenvalue weighted by Crippen LogP contribution is -2.00. The summed E-state index contributed by atoms with van der Waals surface area (Å²) in [6, 6.07) is 1.89. The highest BCUT2D eigenvalue weighted by molar-refractivity contribution is 9.11. The Hall–Kier alpha value is 0.0300. The lowest BCUT2D eigenvalue weighted by molar-refractivity contribution is 0.123. The van der Waals surface area contributed by atoms with Crippen molar-refractivity contribution in [3.63, 3.8) is 0 Å². The van der Waals surface area contributed by atoms with Crippen molar-refractivity contribution in [1.82, 2.24) is 4.98 Å². The van der Waals surface area contributed by atoms with Crippen LogP contribution >= 0.6 is 31.9 Å². The van der Waals surface area contributed by atoms with E-state index in [0.29, 0.717) is 6.61 Å². The van der Waals surface area contributed by atoms with Gasteiger partial charge in [-0.1, -0.05) is 0 Å². The Morgan fingerprint density at radius 2 is 2.27 bits per heavy atom. The van der Waals surface area contributed by atoms with Gasteiger partial charge in [0.1, 0.15) is 4.60 Å². The second kappa shape index (κ2) is 4.15. The number of hydrogen-bond donors (Lipinski definition) is 1. The molecule has 0 saturated carbocycles. The van der Waals surface area contributed by atoms with Crippen molar-refractivity contribution in [3.8, 4) is 0 Å². The zero-order chi connectivity index (χ0) is 8.27. The number of nitrogens with two attached hydrogens (primary N) is 1. The summed E-state index contributed by atoms with van der Waals surface area (Å²) in [4.78, 5) is 8.50. The molecule has 0 amide bonds. The van der Waals surface area contributed by atoms with Crippen molar-refractivity contribution in [1.29, 1.82) is 0 Å². The Kier molecular flexibility index (Phi) is 3.45. The van der Waals surface area contributed by atoms with E-state index in [9.17, 15) is 0 Å². The minimum absolute atomic E-state index is 0.354. The topological polar surface area (TPSA) is 48.1 Å². The summed E-state index contributed by atoms with van der Waals surface area (Å²) >= 11 is 6.55. The molecular formula is C6H6Br2N2O. The van der Waals surface area contributed by atoms with Crippen LogP contribution in [0.15, 0.2) is 21.3 Å². The molecule has 0 radical (unpaired) electrons. The highest BCUT2D eigenvalue weighted by atomic mass is 79.9. The molecule has 0 bridgehead atoms. The van der Waals surface area contributed by atoms with Crippen LogP contribution in [0.5, 0.6) is 0 Å². The van der Waals surface area contributed by atoms with Crippen LogP contribution < -0.4 is 5.90 Å². The highest BCUT2D eigenvalue weighted by Gasteiger charge is 2.00. The molecule has 0 aromatic carbocycles. The number of rotatable bonds is 2. The number of pyridine rings is 1. The molecular weight excluding hydrogens is 276 g/mol. The molecule has 0 saturated heterocycles. The van der Waals surface area contributed by atoms with Gasteiger partial charge in [-0.25, -0.2) is 10.9 Å². The van der Waals surface area contributed by atoms with Gasteiger partial charge in [-0.3, -0.25) is 4.84 Å². The predicted molar refractivity (Wildman–Crippen MR) is 48.6 cm³/mol. The Morgan fingerprint density at radius 1 is 1.55 bits per heavy atom. The highest BCUT2D eigenvalue weighted by Crippen LogP contribution is 2.18. The summed E-state index contributed by atoms with van der Waals surface area (Å²) in [6.07, 6.45) is 1.70. The minimum Gasteiger partial charge on any atom is -0.300 e. The van der Waals surface area contributed by atoms with Crippen molar-refractivity contribution in [2.75, 3.05) is 0 Å². The predicted octanol–water partition coefficient (Wildman–Crippen LogP) is 2.00. The van der Waals surface area contributed by atoms with Crippen molar-refractivity contribution < 1.29 is 4.84 Å². The van der Waals surface area contributed by atoms with Crippen molar-refractivity contribution in [3.05, 3.63) is 26.9 Å². The second-order valence-electron chi connectivity index (χ2n) is 1.91. The molecule has 0 atom stereocenters. The van der Waals surface area contributed by atoms with Gasteiger partial charge in [0.2, 0.25) is 0 Å². The molecule has 11 heavy (non-hydrogen) atoms. The first kappa shape index (κ1) is 9.12. The fourth-order valence-corrected chi connectivity index (χ4v) is 1.37. The summed E-state index contributed by atoms with van der Waals surface area (Å²) in [7, 11) is 0. The van der Waals surface area contributed by atoms with E-state index >= 15 is 0 Å². The van der Waals surface area contributed by atoms with E-state index in [0.717, 1.165) is 14.6 Å². The van der Waals surface area contributed by atoms with Gasteiger partial charge in [-0.2, -0.15) is 0 Å². The third-order valence-corrected chi connectivity index (χ3v) is 2.26. The molecule has 0 unspecified atom stereocenters. The fraction of sp³-hybridized carbons (Fsp3) is 0.167. The van der Waals surface area contributed by atoms with Gasteiger partial charge in [0.05, 0.1) is 6.61 Å². The van der Waals surface area contributed by atoms with Gasteiger partial charge < -0.3 is 0 Å². The van der Waals surface area contributed by atoms with Crippen molar-refractivity contribution >= 4 is 31.9 Å². The summed E-state index contributed by atoms with van der Waals surface area (Å²) in [5.41, 5.74) is 0.918. The van der Waals surface area contributed by atoms with Crippen LogP contribution in [0.4, 0.5) is 0 Å². The maximum atomic E-state index is 4.92. The van der Waals surface area contributed by atoms with Gasteiger partial charge in [-0.15, -0.1) is 0 Å². The third kappa shape index (κ3) is 2.52. The molecule has 2 N–H and O–H groups in total. The molecule has 1 aromatic rings. The summed E-state index contributed by atoms with van der Waals surface area (Å²) in [5.74, 6) is 4.92. The van der Waals surface area contributed by atoms with Gasteiger partial charge in [0.15, 0.2) is 0 Å². The number of hydrogen-bond acceptors (Lipinski definition) is 3. The van der Waals surface area contributed by atoms with Crippen LogP contribution in [0.1, 0.15) is 5.56 Å². The maximum absolute atomic E-state index is 4.92. The van der Waals surface area contributed by atoms with E-state index in [4.69, 9.17) is 5.90 Å². The van der Waals surface area contributed by atoms with Gasteiger partial charge in [0.25, 0.3) is 0 Å². The first-order valence-electron chi connectivity index (χ1n) is 2.85. The SMILES string of the molecule is NOCc1cc(Br)cnc1Br. The van der Waals surface area contributed by atoms with E-state index in [-0.39, 0.29) is 0 Å². The van der Waals surface area contributed by atoms with Crippen LogP contribution in [-0.4, -0.2) is 4.98 Å². The van der Waals surface area contributed by atoms with Gasteiger partial charge in [0, 0.05) is 16.2 Å². The zero-order valence-corrected chi connectivity index (χ0v) is 8.72. The van der Waals surface area contributed by atoms with Crippen molar-refractivity contribution in [2.45, 2.75) is 6.61 Å². The van der Waals surface area contributed by atoms with E-state index in [1.54, 1.807) is 6.20 Å². The Balaban J connectivity index is 2.93. The Bertz CT molecular complexity index is 254. The molecule has 0 aliphatic carbocycles. The zero-order valence-electron chi connectivity index (χ0n) is 5.55. The maximum Gasteiger partial charge on any atom is 0.111 e. The average molecular weight is 282 g/mol. The second-order valence-corrected chi connectivity index (χ2v) is 3.58. The molecule has 0 spiro atoms. The Morgan fingerprint density at radius 3 is 2.91 bits per heavy atom. The standard InChI is InChI=1S/C6H6Br2N2O/c7-5-1-4(3-11-9)6(8)10-2-5/h1-2H,3,9H2. The normalized spacial score (nSPS) is 10.1. The van der Waals surface area contributed by atoms with E-state index < -0.39 is 0 Å². The molecule has 60 valence electrons. The molecule has 0 fully saturated rings. The monoisotopic (exact) mass is 280 g/mol. The molecule has 1 rings (SSSR count). The average Bonchev–Trinajstić information content (AvgIpc) is 1.98. The van der Waals surface area contributed by atoms with Gasteiger partial charge >= 0.3 is 0 Å². The largest absolute Gasteiger partial charge is 0.300 e. The van der Waals surface area contributed by atoms with Gasteiger partial charge in [-0.05, 0) is 37.9 Å². The van der Waals surface area contributed by atoms with E-state index in [1.165, 1.54) is 0 Å². The molecule has 0 aliphatic heterocycles. The molecule has 0 aliphatic rings. The van der Waals surface area contributed by atoms with Crippen molar-refractivity contribution in [2.24, 2.45) is 5.90 Å². The lowest BCUT2D eigenvalue weighted by atomic mass is 10.3. The number of nitrogens with zero attached hydrogens (tertiary/aromatic N) is 1. The Labute approximate surface area is 81.2 Å². The van der Waals surface area contributed by atoms with Crippen LogP contribution in [0, 0.1) is 0 Å². The number of aromatic nitrogens is 1. The first-order valence-corrected chi connectivity index (χ1v) is 4.44. The molecule has 1 aromatic heterocycles. The smallest absolute Gasteiger partial charge is 0.111 e. The molecule has 1 heterocycles. The third-order valence-electron chi connectivity index (χ3n) is 1.12.